The Hall–Kier alpha value is -6.97. The van der Waals surface area contributed by atoms with Crippen LogP contribution in [0.2, 0.25) is 0 Å². The lowest BCUT2D eigenvalue weighted by molar-refractivity contribution is -0.135. The Bertz CT molecular complexity index is 2490. The molecule has 1 aliphatic heterocycles. The number of unbranched alkanes of at least 4 members (excludes halogenated alkanes) is 2. The van der Waals surface area contributed by atoms with Crippen molar-refractivity contribution in [1.82, 2.24) is 42.5 Å². The summed E-state index contributed by atoms with van der Waals surface area (Å²) >= 11 is 0. The molecular weight excluding hydrogens is 1050 g/mol. The maximum absolute atomic E-state index is 14.7. The first-order valence-electron chi connectivity index (χ1n) is 25.5. The summed E-state index contributed by atoms with van der Waals surface area (Å²) in [7, 11) is 2.00. The lowest BCUT2D eigenvalue weighted by atomic mass is 9.99. The van der Waals surface area contributed by atoms with Crippen LogP contribution in [0.3, 0.4) is 0 Å². The van der Waals surface area contributed by atoms with Crippen LogP contribution in [0.1, 0.15) is 69.1 Å². The number of hydrogen-bond acceptors (Lipinski definition) is 17. The van der Waals surface area contributed by atoms with Crippen LogP contribution in [-0.2, 0) is 62.4 Å². The number of phenolic OH excluding ortho intramolecular Hbond substituents is 2. The molecule has 8 atom stereocenters. The molecule has 0 spiro atoms. The molecule has 0 saturated carbocycles. The topological polar surface area (TPSA) is 415 Å². The van der Waals surface area contributed by atoms with E-state index in [4.69, 9.17) is 22.9 Å². The van der Waals surface area contributed by atoms with Gasteiger partial charge in [-0.25, -0.2) is 0 Å². The summed E-state index contributed by atoms with van der Waals surface area (Å²) in [6, 6.07) is 9.06. The molecule has 1 fully saturated rings. The van der Waals surface area contributed by atoms with Crippen molar-refractivity contribution in [1.29, 1.82) is 0 Å². The molecule has 19 N–H and O–H groups in total. The van der Waals surface area contributed by atoms with Gasteiger partial charge in [0, 0.05) is 23.3 Å². The fraction of sp³-hybridized carbons (Fsp3) is 0.481. The Kier molecular flexibility index (Phi) is 26.1. The summed E-state index contributed by atoms with van der Waals surface area (Å²) in [5.74, 6) is -8.19. The van der Waals surface area contributed by atoms with Crippen LogP contribution in [0.25, 0.3) is 0 Å². The maximum Gasteiger partial charge on any atom is 0.245 e. The molecule has 0 bridgehead atoms. The lowest BCUT2D eigenvalue weighted by Crippen LogP contribution is -2.62. The van der Waals surface area contributed by atoms with Crippen molar-refractivity contribution in [3.63, 3.8) is 0 Å². The number of carbonyl (C=O) groups excluding carboxylic acids is 9. The van der Waals surface area contributed by atoms with Gasteiger partial charge in [-0.1, -0.05) is 76.2 Å². The molecule has 9 amide bonds. The molecule has 3 aromatic carbocycles. The van der Waals surface area contributed by atoms with Crippen LogP contribution in [-0.4, -0.2) is 154 Å². The van der Waals surface area contributed by atoms with Crippen molar-refractivity contribution in [2.45, 2.75) is 125 Å². The van der Waals surface area contributed by atoms with E-state index in [0.717, 1.165) is 21.6 Å². The molecule has 1 unspecified atom stereocenters. The normalized spacial score (nSPS) is 20.9. The van der Waals surface area contributed by atoms with Gasteiger partial charge in [-0.2, -0.15) is 0 Å². The van der Waals surface area contributed by atoms with E-state index < -0.39 is 119 Å². The van der Waals surface area contributed by atoms with Gasteiger partial charge in [0.15, 0.2) is 0 Å². The molecular formula is C52H74N12O12S2. The smallest absolute Gasteiger partial charge is 0.245 e. The lowest BCUT2D eigenvalue weighted by Gasteiger charge is -2.35. The number of aromatic hydroxyl groups is 2. The largest absolute Gasteiger partial charge is 0.508 e. The number of aliphatic hydroxyl groups excluding tert-OH is 1. The van der Waals surface area contributed by atoms with Gasteiger partial charge in [-0.15, -0.1) is 0 Å². The number of hydrogen-bond donors (Lipinski definition) is 15. The highest BCUT2D eigenvalue weighted by atomic mass is 33.1. The average Bonchev–Trinajstić information content (AvgIpc) is 3.41. The Morgan fingerprint density at radius 2 is 1.21 bits per heavy atom. The van der Waals surface area contributed by atoms with Crippen molar-refractivity contribution in [2.24, 2.45) is 22.9 Å². The highest BCUT2D eigenvalue weighted by molar-refractivity contribution is 8.77. The van der Waals surface area contributed by atoms with Crippen LogP contribution >= 0.6 is 21.6 Å². The molecule has 1 heterocycles. The average molecular weight is 1120 g/mol. The van der Waals surface area contributed by atoms with E-state index >= 15 is 0 Å². The van der Waals surface area contributed by atoms with Crippen LogP contribution < -0.4 is 65.5 Å². The number of nitrogens with two attached hydrogens (primary N) is 4. The van der Waals surface area contributed by atoms with Gasteiger partial charge in [-0.3, -0.25) is 43.2 Å². The van der Waals surface area contributed by atoms with Gasteiger partial charge in [0.2, 0.25) is 53.2 Å². The minimum Gasteiger partial charge on any atom is -0.508 e. The number of aliphatic hydroxyl groups is 1. The van der Waals surface area contributed by atoms with E-state index in [0.29, 0.717) is 48.9 Å². The van der Waals surface area contributed by atoms with Crippen LogP contribution in [0, 0.1) is 0 Å². The van der Waals surface area contributed by atoms with Crippen molar-refractivity contribution in [3.05, 3.63) is 95.6 Å². The summed E-state index contributed by atoms with van der Waals surface area (Å²) < 4.78 is -1.37. The molecule has 3 aromatic rings. The molecule has 4 rings (SSSR count). The number of nitrogens with one attached hydrogen (secondary N) is 8. The molecule has 0 aromatic heterocycles. The quantitative estimate of drug-likeness (QED) is 0.0377. The summed E-state index contributed by atoms with van der Waals surface area (Å²) in [6.45, 7) is 2.09. The van der Waals surface area contributed by atoms with E-state index in [2.05, 4.69) is 42.5 Å². The zero-order chi connectivity index (χ0) is 57.4. The summed E-state index contributed by atoms with van der Waals surface area (Å²) in [6.07, 6.45) is 1.71. The first-order chi connectivity index (χ1) is 37.1. The van der Waals surface area contributed by atoms with Crippen molar-refractivity contribution in [2.75, 3.05) is 32.0 Å². The van der Waals surface area contributed by atoms with Gasteiger partial charge in [0.1, 0.15) is 53.8 Å². The van der Waals surface area contributed by atoms with Gasteiger partial charge >= 0.3 is 0 Å². The Labute approximate surface area is 460 Å². The molecule has 26 heteroatoms. The molecule has 1 aliphatic rings. The summed E-state index contributed by atoms with van der Waals surface area (Å²) in [5, 5.41) is 51.0. The second kappa shape index (κ2) is 32.1. The standard InChI is InChI=1S/C52H74N12O12S2/c1-52(2)43(64-45(70)35(55)24-31-14-18-33(66)19-15-31)51(76)62-38(26-32-16-20-34(67)21-17-32)46(71)57-27-42(68)58-40(28-65)49(74)61-39(25-30-10-4-3-5-11-30)48(73)63-41(29-77-78-52)50(75)60-37(13-7-9-23-54)47(72)59-36(44(56)69)12-6-8-22-53/h3-5,10-11,14-21,35-41,43,65-67H,6-9,12-13,22-29,53-55H2,1-2H3,(H2,56,69)(H,57,71)(H,58,68)(H,59,72)(H,60,75)(H,61,74)(H,62,76)(H,63,73)(H,64,70)/t35-,36-,37-,38-,39-,40-,41?,43-/m0/s1. The predicted molar refractivity (Wildman–Crippen MR) is 294 cm³/mol. The van der Waals surface area contributed by atoms with Crippen molar-refractivity contribution >= 4 is 74.8 Å². The fourth-order valence-corrected chi connectivity index (χ4v) is 10.8. The monoisotopic (exact) mass is 1120 g/mol. The molecule has 24 nitrogen and oxygen atoms in total. The van der Waals surface area contributed by atoms with Crippen LogP contribution in [0.15, 0.2) is 78.9 Å². The summed E-state index contributed by atoms with van der Waals surface area (Å²) in [4.78, 5) is 126. The third-order valence-corrected chi connectivity index (χ3v) is 15.8. The van der Waals surface area contributed by atoms with E-state index in [1.165, 1.54) is 36.4 Å². The molecule has 426 valence electrons. The van der Waals surface area contributed by atoms with Crippen molar-refractivity contribution < 1.29 is 58.5 Å². The fourth-order valence-electron chi connectivity index (χ4n) is 8.02. The SMILES string of the molecule is CC1(C)SSCC(C(=O)N[C@@H](CCCCN)C(=O)N[C@@H](CCCCN)C(N)=O)NC(=O)[C@H](Cc2ccccc2)NC(=O)[C@H](CO)NC(=O)CNC(=O)[C@H](Cc2ccc(O)cc2)NC(=O)[C@@H]1NC(=O)[C@@H](N)Cc1ccc(O)cc1. The van der Waals surface area contributed by atoms with E-state index in [1.807, 2.05) is 0 Å². The summed E-state index contributed by atoms with van der Waals surface area (Å²) in [5.41, 5.74) is 25.1. The number of amides is 9. The number of carbonyl (C=O) groups is 9. The molecule has 0 aliphatic carbocycles. The Morgan fingerprint density at radius 3 is 1.78 bits per heavy atom. The first kappa shape index (κ1) is 63.6. The second-order valence-electron chi connectivity index (χ2n) is 19.2. The van der Waals surface area contributed by atoms with Gasteiger partial charge in [0.05, 0.1) is 19.2 Å². The van der Waals surface area contributed by atoms with E-state index in [-0.39, 0.29) is 55.9 Å². The predicted octanol–water partition coefficient (Wildman–Crippen LogP) is -2.13. The Morgan fingerprint density at radius 1 is 0.667 bits per heavy atom. The number of rotatable bonds is 22. The molecule has 1 saturated heterocycles. The van der Waals surface area contributed by atoms with E-state index in [1.54, 1.807) is 56.3 Å². The van der Waals surface area contributed by atoms with Crippen molar-refractivity contribution in [3.8, 4) is 11.5 Å². The van der Waals surface area contributed by atoms with Gasteiger partial charge in [-0.05, 0) is 113 Å². The second-order valence-corrected chi connectivity index (χ2v) is 22.2. The van der Waals surface area contributed by atoms with Crippen LogP contribution in [0.5, 0.6) is 11.5 Å². The minimum absolute atomic E-state index is 0.0113. The third-order valence-electron chi connectivity index (χ3n) is 12.5. The molecule has 0 radical (unpaired) electrons. The van der Waals surface area contributed by atoms with Gasteiger partial charge < -0.3 is 80.8 Å². The third kappa shape index (κ3) is 21.1. The maximum atomic E-state index is 14.7. The first-order valence-corrected chi connectivity index (χ1v) is 27.8. The highest BCUT2D eigenvalue weighted by Gasteiger charge is 2.41. The number of phenols is 2. The van der Waals surface area contributed by atoms with Gasteiger partial charge in [0.25, 0.3) is 0 Å². The number of primary amides is 1. The zero-order valence-electron chi connectivity index (χ0n) is 43.7. The van der Waals surface area contributed by atoms with Crippen LogP contribution in [0.4, 0.5) is 0 Å². The van der Waals surface area contributed by atoms with E-state index in [9.17, 15) is 58.5 Å². The Balaban J connectivity index is 1.80. The minimum atomic E-state index is -1.66. The number of benzene rings is 3. The highest BCUT2D eigenvalue weighted by Crippen LogP contribution is 2.39. The molecule has 78 heavy (non-hydrogen) atoms. The zero-order valence-corrected chi connectivity index (χ0v) is 45.3.